The molecule has 0 aromatic heterocycles. The molecule has 0 radical (unpaired) electrons. The molecule has 7 heteroatoms. The second-order valence-corrected chi connectivity index (χ2v) is 8.00. The average molecular weight is 402 g/mol. The van der Waals surface area contributed by atoms with Gasteiger partial charge in [-0.05, 0) is 38.5 Å². The normalized spacial score (nSPS) is 12.5. The van der Waals surface area contributed by atoms with Crippen LogP contribution in [-0.2, 0) is 9.59 Å². The standard InChI is InChI=1S/C20H31NO5.ClH/c1-12(2)18(23)25-16-9-8-14(15(22)11-21-20(5,6)7)10-17(16)26-19(24)13(3)4;/h8-10,12-13,15,21-22H,11H2,1-7H3;1H. The molecular formula is C20H32ClNO5. The van der Waals surface area contributed by atoms with Gasteiger partial charge < -0.3 is 19.9 Å². The zero-order valence-corrected chi connectivity index (χ0v) is 18.0. The molecule has 1 unspecified atom stereocenters. The lowest BCUT2D eigenvalue weighted by Crippen LogP contribution is -2.38. The quantitative estimate of drug-likeness (QED) is 0.535. The van der Waals surface area contributed by atoms with E-state index in [1.807, 2.05) is 20.8 Å². The third kappa shape index (κ3) is 8.73. The molecule has 0 aliphatic heterocycles. The molecule has 2 N–H and O–H groups in total. The van der Waals surface area contributed by atoms with E-state index in [2.05, 4.69) is 5.32 Å². The zero-order chi connectivity index (χ0) is 20.1. The smallest absolute Gasteiger partial charge is 0.313 e. The number of benzene rings is 1. The maximum atomic E-state index is 12.0. The second-order valence-electron chi connectivity index (χ2n) is 8.00. The highest BCUT2D eigenvalue weighted by Gasteiger charge is 2.20. The number of halogens is 1. The fourth-order valence-corrected chi connectivity index (χ4v) is 1.87. The van der Waals surface area contributed by atoms with E-state index in [0.717, 1.165) is 0 Å². The molecule has 0 aliphatic carbocycles. The largest absolute Gasteiger partial charge is 0.422 e. The van der Waals surface area contributed by atoms with E-state index in [-0.39, 0.29) is 41.3 Å². The van der Waals surface area contributed by atoms with Crippen LogP contribution in [0.4, 0.5) is 0 Å². The van der Waals surface area contributed by atoms with Crippen LogP contribution in [-0.4, -0.2) is 29.1 Å². The summed E-state index contributed by atoms with van der Waals surface area (Å²) in [6, 6.07) is 4.74. The molecule has 0 heterocycles. The molecule has 0 aliphatic rings. The molecule has 1 aromatic rings. The lowest BCUT2D eigenvalue weighted by molar-refractivity contribution is -0.140. The van der Waals surface area contributed by atoms with Crippen LogP contribution in [0.15, 0.2) is 18.2 Å². The van der Waals surface area contributed by atoms with Crippen molar-refractivity contribution in [2.75, 3.05) is 6.54 Å². The lowest BCUT2D eigenvalue weighted by atomic mass is 10.1. The number of hydrogen-bond acceptors (Lipinski definition) is 6. The van der Waals surface area contributed by atoms with Crippen LogP contribution < -0.4 is 14.8 Å². The lowest BCUT2D eigenvalue weighted by Gasteiger charge is -2.23. The van der Waals surface area contributed by atoms with Gasteiger partial charge in [0.2, 0.25) is 0 Å². The number of aliphatic hydroxyl groups excluding tert-OH is 1. The van der Waals surface area contributed by atoms with Crippen LogP contribution in [0.2, 0.25) is 0 Å². The van der Waals surface area contributed by atoms with Crippen molar-refractivity contribution in [2.24, 2.45) is 11.8 Å². The summed E-state index contributed by atoms with van der Waals surface area (Å²) in [5.74, 6) is -1.21. The van der Waals surface area contributed by atoms with Crippen molar-refractivity contribution in [3.8, 4) is 11.5 Å². The van der Waals surface area contributed by atoms with Gasteiger partial charge in [-0.1, -0.05) is 33.8 Å². The molecular weight excluding hydrogens is 370 g/mol. The molecule has 0 saturated carbocycles. The highest BCUT2D eigenvalue weighted by Crippen LogP contribution is 2.32. The maximum absolute atomic E-state index is 12.0. The number of carbonyl (C=O) groups is 2. The fraction of sp³-hybridized carbons (Fsp3) is 0.600. The van der Waals surface area contributed by atoms with Gasteiger partial charge in [-0.15, -0.1) is 12.4 Å². The van der Waals surface area contributed by atoms with Crippen molar-refractivity contribution in [1.82, 2.24) is 5.32 Å². The average Bonchev–Trinajstić information content (AvgIpc) is 2.53. The predicted octanol–water partition coefficient (Wildman–Crippen LogP) is 3.65. The molecule has 0 amide bonds. The van der Waals surface area contributed by atoms with E-state index in [1.54, 1.807) is 39.8 Å². The summed E-state index contributed by atoms with van der Waals surface area (Å²) in [5, 5.41) is 13.6. The molecule has 0 saturated heterocycles. The third-order valence-electron chi connectivity index (χ3n) is 3.54. The van der Waals surface area contributed by atoms with Gasteiger partial charge in [0, 0.05) is 12.1 Å². The number of nitrogens with one attached hydrogen (secondary N) is 1. The first kappa shape index (κ1) is 25.4. The van der Waals surface area contributed by atoms with Gasteiger partial charge in [0.1, 0.15) is 0 Å². The van der Waals surface area contributed by atoms with Crippen LogP contribution in [0.25, 0.3) is 0 Å². The van der Waals surface area contributed by atoms with Crippen molar-refractivity contribution in [2.45, 2.75) is 60.1 Å². The zero-order valence-electron chi connectivity index (χ0n) is 17.2. The van der Waals surface area contributed by atoms with Crippen LogP contribution in [0.5, 0.6) is 11.5 Å². The number of ether oxygens (including phenoxy) is 2. The molecule has 1 atom stereocenters. The van der Waals surface area contributed by atoms with Crippen molar-refractivity contribution in [3.05, 3.63) is 23.8 Å². The van der Waals surface area contributed by atoms with Crippen LogP contribution in [0, 0.1) is 11.8 Å². The molecule has 0 fully saturated rings. The summed E-state index contributed by atoms with van der Waals surface area (Å²) in [5.41, 5.74) is 0.429. The number of hydrogen-bond donors (Lipinski definition) is 2. The van der Waals surface area contributed by atoms with E-state index < -0.39 is 18.0 Å². The first-order chi connectivity index (χ1) is 11.9. The Kier molecular flexibility index (Phi) is 10.00. The van der Waals surface area contributed by atoms with Crippen LogP contribution in [0.1, 0.15) is 60.1 Å². The SMILES string of the molecule is CC(C)C(=O)Oc1ccc(C(O)CNC(C)(C)C)cc1OC(=O)C(C)C.Cl. The molecule has 0 spiro atoms. The Labute approximate surface area is 168 Å². The topological polar surface area (TPSA) is 84.9 Å². The number of β-amino-alcohol motifs (C(OH)–C–C–N with tert-alkyl or cyclic N) is 1. The van der Waals surface area contributed by atoms with E-state index in [0.29, 0.717) is 12.1 Å². The van der Waals surface area contributed by atoms with Gasteiger partial charge in [-0.3, -0.25) is 9.59 Å². The summed E-state index contributed by atoms with van der Waals surface area (Å²) < 4.78 is 10.7. The van der Waals surface area contributed by atoms with Crippen LogP contribution in [0.3, 0.4) is 0 Å². The fourth-order valence-electron chi connectivity index (χ4n) is 1.87. The highest BCUT2D eigenvalue weighted by molar-refractivity contribution is 5.85. The Morgan fingerprint density at radius 3 is 1.93 bits per heavy atom. The number of rotatable bonds is 7. The first-order valence-corrected chi connectivity index (χ1v) is 8.91. The highest BCUT2D eigenvalue weighted by atomic mass is 35.5. The summed E-state index contributed by atoms with van der Waals surface area (Å²) in [6.07, 6.45) is -0.791. The Hall–Kier alpha value is -1.63. The molecule has 1 aromatic carbocycles. The number of esters is 2. The summed E-state index contributed by atoms with van der Waals surface area (Å²) in [6.45, 7) is 13.2. The Bertz CT molecular complexity index is 638. The number of aliphatic hydroxyl groups is 1. The molecule has 0 bridgehead atoms. The van der Waals surface area contributed by atoms with Gasteiger partial charge in [0.15, 0.2) is 11.5 Å². The van der Waals surface area contributed by atoms with Gasteiger partial charge in [-0.25, -0.2) is 0 Å². The number of carbonyl (C=O) groups excluding carboxylic acids is 2. The minimum atomic E-state index is -0.791. The van der Waals surface area contributed by atoms with E-state index in [9.17, 15) is 14.7 Å². The summed E-state index contributed by atoms with van der Waals surface area (Å²) in [7, 11) is 0. The van der Waals surface area contributed by atoms with E-state index in [1.165, 1.54) is 6.07 Å². The van der Waals surface area contributed by atoms with Crippen molar-refractivity contribution in [1.29, 1.82) is 0 Å². The van der Waals surface area contributed by atoms with Gasteiger partial charge in [0.25, 0.3) is 0 Å². The van der Waals surface area contributed by atoms with Gasteiger partial charge in [-0.2, -0.15) is 0 Å². The molecule has 6 nitrogen and oxygen atoms in total. The van der Waals surface area contributed by atoms with E-state index in [4.69, 9.17) is 9.47 Å². The van der Waals surface area contributed by atoms with Crippen molar-refractivity contribution in [3.63, 3.8) is 0 Å². The molecule has 154 valence electrons. The van der Waals surface area contributed by atoms with Crippen molar-refractivity contribution < 1.29 is 24.2 Å². The summed E-state index contributed by atoms with van der Waals surface area (Å²) >= 11 is 0. The van der Waals surface area contributed by atoms with Crippen LogP contribution >= 0.6 is 12.4 Å². The van der Waals surface area contributed by atoms with Crippen molar-refractivity contribution >= 4 is 24.3 Å². The Balaban J connectivity index is 0.00000676. The molecule has 1 rings (SSSR count). The minimum absolute atomic E-state index is 0. The minimum Gasteiger partial charge on any atom is -0.422 e. The summed E-state index contributed by atoms with van der Waals surface area (Å²) in [4.78, 5) is 23.9. The predicted molar refractivity (Wildman–Crippen MR) is 107 cm³/mol. The molecule has 27 heavy (non-hydrogen) atoms. The third-order valence-corrected chi connectivity index (χ3v) is 3.54. The van der Waals surface area contributed by atoms with Gasteiger partial charge in [0.05, 0.1) is 17.9 Å². The Morgan fingerprint density at radius 1 is 1.00 bits per heavy atom. The van der Waals surface area contributed by atoms with E-state index >= 15 is 0 Å². The van der Waals surface area contributed by atoms with Gasteiger partial charge >= 0.3 is 11.9 Å². The first-order valence-electron chi connectivity index (χ1n) is 8.91. The monoisotopic (exact) mass is 401 g/mol. The Morgan fingerprint density at radius 2 is 1.48 bits per heavy atom. The second kappa shape index (κ2) is 10.6. The maximum Gasteiger partial charge on any atom is 0.313 e.